The Morgan fingerprint density at radius 2 is 1.56 bits per heavy atom. The van der Waals surface area contributed by atoms with Crippen LogP contribution in [0.1, 0.15) is 37.5 Å². The average molecular weight is 475 g/mol. The number of imide groups is 1. The maximum atomic E-state index is 12.4. The molecule has 4 rings (SSSR count). The molecular weight excluding hydrogens is 452 g/mol. The third-order valence-corrected chi connectivity index (χ3v) is 6.21. The third kappa shape index (κ3) is 5.26. The quantitative estimate of drug-likeness (QED) is 0.0857. The summed E-state index contributed by atoms with van der Waals surface area (Å²) >= 11 is 1.60. The number of esters is 1. The number of anilines is 1. The van der Waals surface area contributed by atoms with Crippen LogP contribution >= 0.6 is 11.8 Å². The number of fused-ring (bicyclic) bond motifs is 1. The van der Waals surface area contributed by atoms with E-state index in [1.54, 1.807) is 72.4 Å². The molecule has 34 heavy (non-hydrogen) atoms. The van der Waals surface area contributed by atoms with Crippen LogP contribution < -0.4 is 15.8 Å². The Kier molecular flexibility index (Phi) is 6.93. The van der Waals surface area contributed by atoms with Crippen molar-refractivity contribution in [2.45, 2.75) is 11.3 Å². The van der Waals surface area contributed by atoms with E-state index in [0.717, 1.165) is 10.6 Å². The van der Waals surface area contributed by atoms with E-state index in [1.165, 1.54) is 4.90 Å². The van der Waals surface area contributed by atoms with Crippen LogP contribution in [-0.2, 0) is 0 Å². The molecule has 0 fully saturated rings. The van der Waals surface area contributed by atoms with Crippen LogP contribution in [0.2, 0.25) is 0 Å². The van der Waals surface area contributed by atoms with Crippen molar-refractivity contribution in [3.63, 3.8) is 0 Å². The molecule has 9 heteroatoms. The summed E-state index contributed by atoms with van der Waals surface area (Å²) in [5, 5.41) is 9.86. The van der Waals surface area contributed by atoms with Gasteiger partial charge >= 0.3 is 5.97 Å². The van der Waals surface area contributed by atoms with Crippen molar-refractivity contribution in [1.29, 1.82) is 5.41 Å². The summed E-state index contributed by atoms with van der Waals surface area (Å²) < 4.78 is 5.41. The molecule has 0 atom stereocenters. The van der Waals surface area contributed by atoms with Crippen LogP contribution in [-0.4, -0.2) is 40.9 Å². The maximum absolute atomic E-state index is 12.4. The van der Waals surface area contributed by atoms with Gasteiger partial charge in [0.05, 0.1) is 16.7 Å². The number of benzene rings is 3. The largest absolute Gasteiger partial charge is 0.423 e. The molecule has 8 nitrogen and oxygen atoms in total. The second-order valence-electron chi connectivity index (χ2n) is 7.49. The van der Waals surface area contributed by atoms with Crippen molar-refractivity contribution >= 4 is 41.2 Å². The van der Waals surface area contributed by atoms with E-state index in [-0.39, 0.29) is 17.8 Å². The zero-order valence-corrected chi connectivity index (χ0v) is 18.9. The summed E-state index contributed by atoms with van der Waals surface area (Å²) in [6, 6.07) is 20.5. The second-order valence-corrected chi connectivity index (χ2v) is 8.65. The number of nitrogens with two attached hydrogens (primary N) is 1. The fourth-order valence-corrected chi connectivity index (χ4v) is 4.31. The predicted octanol–water partition coefficient (Wildman–Crippen LogP) is 3.99. The Balaban J connectivity index is 1.23. The molecule has 172 valence electrons. The Hall–Kier alpha value is -4.11. The summed E-state index contributed by atoms with van der Waals surface area (Å²) in [5.41, 5.74) is 7.19. The number of amides is 2. The highest BCUT2D eigenvalue weighted by molar-refractivity contribution is 7.99. The summed E-state index contributed by atoms with van der Waals surface area (Å²) in [6.07, 6.45) is 0.668. The number of carbonyl (C=O) groups is 3. The van der Waals surface area contributed by atoms with Gasteiger partial charge in [-0.2, -0.15) is 0 Å². The molecule has 1 aliphatic rings. The fourth-order valence-electron chi connectivity index (χ4n) is 3.47. The van der Waals surface area contributed by atoms with E-state index in [2.05, 4.69) is 5.32 Å². The highest BCUT2D eigenvalue weighted by Crippen LogP contribution is 2.25. The van der Waals surface area contributed by atoms with Crippen molar-refractivity contribution < 1.29 is 19.1 Å². The van der Waals surface area contributed by atoms with Crippen molar-refractivity contribution in [3.05, 3.63) is 89.5 Å². The summed E-state index contributed by atoms with van der Waals surface area (Å²) in [4.78, 5) is 39.4. The molecule has 4 N–H and O–H groups in total. The van der Waals surface area contributed by atoms with Gasteiger partial charge < -0.3 is 15.8 Å². The van der Waals surface area contributed by atoms with E-state index in [0.29, 0.717) is 41.1 Å². The van der Waals surface area contributed by atoms with Crippen LogP contribution in [0.25, 0.3) is 0 Å². The standard InChI is InChI=1S/C25H22N4O4S/c26-25(27)28-17-8-6-16(7-9-17)24(32)33-18-10-12-19(13-11-18)34-15-3-14-29-22(30)20-4-1-2-5-21(20)23(29)31/h1-2,4-13H,3,14-15H2,(H4,26,27,28). The van der Waals surface area contributed by atoms with Gasteiger partial charge in [0.25, 0.3) is 11.8 Å². The molecule has 0 aliphatic carbocycles. The molecule has 3 aromatic rings. The van der Waals surface area contributed by atoms with Crippen LogP contribution in [0.15, 0.2) is 77.7 Å². The molecule has 1 heterocycles. The van der Waals surface area contributed by atoms with Gasteiger partial charge in [0.2, 0.25) is 0 Å². The van der Waals surface area contributed by atoms with Crippen molar-refractivity contribution in [2.75, 3.05) is 17.6 Å². The monoisotopic (exact) mass is 474 g/mol. The number of ether oxygens (including phenoxy) is 1. The van der Waals surface area contributed by atoms with E-state index in [1.807, 2.05) is 12.1 Å². The van der Waals surface area contributed by atoms with Gasteiger partial charge in [-0.3, -0.25) is 19.9 Å². The first-order valence-corrected chi connectivity index (χ1v) is 11.5. The fraction of sp³-hybridized carbons (Fsp3) is 0.120. The smallest absolute Gasteiger partial charge is 0.343 e. The second kappa shape index (κ2) is 10.2. The van der Waals surface area contributed by atoms with Crippen LogP contribution in [0.3, 0.4) is 0 Å². The molecule has 0 radical (unpaired) electrons. The average Bonchev–Trinajstić information content (AvgIpc) is 3.08. The Bertz CT molecular complexity index is 1210. The molecule has 0 bridgehead atoms. The Labute approximate surface area is 200 Å². The van der Waals surface area contributed by atoms with E-state index in [9.17, 15) is 14.4 Å². The van der Waals surface area contributed by atoms with Crippen molar-refractivity contribution in [3.8, 4) is 5.75 Å². The first-order chi connectivity index (χ1) is 16.4. The molecule has 1 aliphatic heterocycles. The number of hydrogen-bond donors (Lipinski definition) is 3. The molecule has 2 amide bonds. The van der Waals surface area contributed by atoms with Crippen LogP contribution in [0.5, 0.6) is 5.75 Å². The molecule has 3 aromatic carbocycles. The number of hydrogen-bond acceptors (Lipinski definition) is 6. The lowest BCUT2D eigenvalue weighted by Gasteiger charge is -2.13. The number of thioether (sulfide) groups is 1. The summed E-state index contributed by atoms with van der Waals surface area (Å²) in [7, 11) is 0. The number of rotatable bonds is 8. The maximum Gasteiger partial charge on any atom is 0.343 e. The van der Waals surface area contributed by atoms with Crippen molar-refractivity contribution in [1.82, 2.24) is 4.90 Å². The molecule has 0 spiro atoms. The Morgan fingerprint density at radius 1 is 0.941 bits per heavy atom. The normalized spacial score (nSPS) is 12.4. The van der Waals surface area contributed by atoms with E-state index >= 15 is 0 Å². The SMILES string of the molecule is N=C(N)Nc1ccc(C(=O)Oc2ccc(SCCCN3C(=O)c4ccccc4C3=O)cc2)cc1. The Morgan fingerprint density at radius 3 is 2.15 bits per heavy atom. The zero-order chi connectivity index (χ0) is 24.1. The van der Waals surface area contributed by atoms with Gasteiger partial charge in [0, 0.05) is 17.1 Å². The van der Waals surface area contributed by atoms with Crippen LogP contribution in [0, 0.1) is 5.41 Å². The zero-order valence-electron chi connectivity index (χ0n) is 18.1. The van der Waals surface area contributed by atoms with Crippen molar-refractivity contribution in [2.24, 2.45) is 5.73 Å². The van der Waals surface area contributed by atoms with Gasteiger partial charge in [0.1, 0.15) is 5.75 Å². The van der Waals surface area contributed by atoms with Gasteiger partial charge in [-0.15, -0.1) is 11.8 Å². The molecule has 0 saturated carbocycles. The van der Waals surface area contributed by atoms with Gasteiger partial charge in [-0.1, -0.05) is 12.1 Å². The predicted molar refractivity (Wildman–Crippen MR) is 131 cm³/mol. The van der Waals surface area contributed by atoms with E-state index < -0.39 is 5.97 Å². The van der Waals surface area contributed by atoms with Gasteiger partial charge in [0.15, 0.2) is 5.96 Å². The minimum absolute atomic E-state index is 0.183. The number of carbonyl (C=O) groups excluding carboxylic acids is 3. The number of nitrogens with one attached hydrogen (secondary N) is 2. The molecule has 0 aromatic heterocycles. The first-order valence-electron chi connectivity index (χ1n) is 10.5. The lowest BCUT2D eigenvalue weighted by Crippen LogP contribution is -2.30. The molecular formula is C25H22N4O4S. The summed E-state index contributed by atoms with van der Waals surface area (Å²) in [6.45, 7) is 0.371. The third-order valence-electron chi connectivity index (χ3n) is 5.11. The summed E-state index contributed by atoms with van der Waals surface area (Å²) in [5.74, 6) is 0.00895. The number of nitrogens with zero attached hydrogens (tertiary/aromatic N) is 1. The highest BCUT2D eigenvalue weighted by atomic mass is 32.2. The lowest BCUT2D eigenvalue weighted by atomic mass is 10.1. The first kappa shape index (κ1) is 23.1. The number of guanidine groups is 1. The highest BCUT2D eigenvalue weighted by Gasteiger charge is 2.34. The minimum atomic E-state index is -0.490. The topological polar surface area (TPSA) is 126 Å². The minimum Gasteiger partial charge on any atom is -0.423 e. The van der Waals surface area contributed by atoms with Gasteiger partial charge in [-0.25, -0.2) is 4.79 Å². The molecule has 0 unspecified atom stereocenters. The van der Waals surface area contributed by atoms with Crippen LogP contribution in [0.4, 0.5) is 5.69 Å². The molecule has 0 saturated heterocycles. The lowest BCUT2D eigenvalue weighted by molar-refractivity contribution is 0.0653. The van der Waals surface area contributed by atoms with E-state index in [4.69, 9.17) is 15.9 Å². The van der Waals surface area contributed by atoms with Gasteiger partial charge in [-0.05, 0) is 72.8 Å².